The molecule has 5 nitrogen and oxygen atoms in total. The van der Waals surface area contributed by atoms with Crippen molar-refractivity contribution in [2.75, 3.05) is 0 Å². The van der Waals surface area contributed by atoms with Crippen LogP contribution in [0.15, 0.2) is 18.2 Å². The molecule has 0 bridgehead atoms. The van der Waals surface area contributed by atoms with Gasteiger partial charge in [-0.05, 0) is 25.5 Å². The quantitative estimate of drug-likeness (QED) is 0.588. The van der Waals surface area contributed by atoms with E-state index in [-0.39, 0.29) is 11.3 Å². The summed E-state index contributed by atoms with van der Waals surface area (Å²) in [6, 6.07) is 4.32. The van der Waals surface area contributed by atoms with Gasteiger partial charge in [-0.25, -0.2) is 0 Å². The second kappa shape index (κ2) is 4.37. The second-order valence-electron chi connectivity index (χ2n) is 3.43. The van der Waals surface area contributed by atoms with Gasteiger partial charge >= 0.3 is 0 Å². The first-order chi connectivity index (χ1) is 6.93. The number of benzene rings is 1. The first kappa shape index (κ1) is 11.6. The highest BCUT2D eigenvalue weighted by molar-refractivity contribution is 5.45. The van der Waals surface area contributed by atoms with Crippen LogP contribution in [0.25, 0.3) is 0 Å². The first-order valence-electron chi connectivity index (χ1n) is 4.58. The Hall–Kier alpha value is -1.46. The smallest absolute Gasteiger partial charge is 0.275 e. The number of aliphatic hydroxyl groups is 2. The third-order valence-electron chi connectivity index (χ3n) is 2.18. The Morgan fingerprint density at radius 3 is 2.27 bits per heavy atom. The molecule has 0 aliphatic heterocycles. The molecular formula is C10H13NO4. The Morgan fingerprint density at radius 1 is 1.27 bits per heavy atom. The Labute approximate surface area is 87.1 Å². The zero-order valence-corrected chi connectivity index (χ0v) is 8.54. The molecule has 0 aromatic heterocycles. The number of aliphatic hydroxyl groups excluding tert-OH is 2. The molecule has 0 fully saturated rings. The molecule has 0 saturated carbocycles. The van der Waals surface area contributed by atoms with E-state index in [1.165, 1.54) is 26.0 Å². The first-order valence-corrected chi connectivity index (χ1v) is 4.58. The maximum absolute atomic E-state index is 10.7. The normalized spacial score (nSPS) is 14.7. The summed E-state index contributed by atoms with van der Waals surface area (Å²) < 4.78 is 0. The van der Waals surface area contributed by atoms with Crippen molar-refractivity contribution in [2.24, 2.45) is 0 Å². The highest BCUT2D eigenvalue weighted by Gasteiger charge is 2.18. The minimum atomic E-state index is -0.895. The minimum Gasteiger partial charge on any atom is -0.389 e. The van der Waals surface area contributed by atoms with Gasteiger partial charge in [-0.15, -0.1) is 0 Å². The van der Waals surface area contributed by atoms with Crippen LogP contribution in [0.4, 0.5) is 5.69 Å². The molecule has 0 unspecified atom stereocenters. The number of nitrogens with zero attached hydrogens (tertiary/aromatic N) is 1. The maximum Gasteiger partial charge on any atom is 0.275 e. The van der Waals surface area contributed by atoms with Crippen LogP contribution in [-0.4, -0.2) is 15.1 Å². The van der Waals surface area contributed by atoms with Crippen molar-refractivity contribution in [3.8, 4) is 0 Å². The lowest BCUT2D eigenvalue weighted by atomic mass is 10.0. The largest absolute Gasteiger partial charge is 0.389 e. The minimum absolute atomic E-state index is 0.164. The van der Waals surface area contributed by atoms with Gasteiger partial charge < -0.3 is 10.2 Å². The van der Waals surface area contributed by atoms with Crippen LogP contribution in [0.1, 0.15) is 37.2 Å². The summed E-state index contributed by atoms with van der Waals surface area (Å²) in [6.07, 6.45) is -1.65. The van der Waals surface area contributed by atoms with Crippen LogP contribution in [0.3, 0.4) is 0 Å². The zero-order chi connectivity index (χ0) is 11.6. The Bertz CT molecular complexity index is 374. The van der Waals surface area contributed by atoms with E-state index in [1.54, 1.807) is 6.07 Å². The molecule has 0 saturated heterocycles. The van der Waals surface area contributed by atoms with Gasteiger partial charge in [0.25, 0.3) is 5.69 Å². The van der Waals surface area contributed by atoms with E-state index in [0.717, 1.165) is 0 Å². The van der Waals surface area contributed by atoms with Gasteiger partial charge in [0.15, 0.2) is 0 Å². The van der Waals surface area contributed by atoms with Gasteiger partial charge in [0, 0.05) is 6.07 Å². The van der Waals surface area contributed by atoms with E-state index in [1.807, 2.05) is 0 Å². The summed E-state index contributed by atoms with van der Waals surface area (Å²) in [5, 5.41) is 29.3. The van der Waals surface area contributed by atoms with Crippen molar-refractivity contribution >= 4 is 5.69 Å². The van der Waals surface area contributed by atoms with E-state index < -0.39 is 17.1 Å². The highest BCUT2D eigenvalue weighted by Crippen LogP contribution is 2.28. The van der Waals surface area contributed by atoms with E-state index in [4.69, 9.17) is 0 Å². The molecule has 0 spiro atoms. The second-order valence-corrected chi connectivity index (χ2v) is 3.43. The van der Waals surface area contributed by atoms with Crippen LogP contribution in [0, 0.1) is 10.1 Å². The Morgan fingerprint density at radius 2 is 1.87 bits per heavy atom. The topological polar surface area (TPSA) is 83.6 Å². The van der Waals surface area contributed by atoms with Crippen molar-refractivity contribution in [1.29, 1.82) is 0 Å². The van der Waals surface area contributed by atoms with Crippen molar-refractivity contribution in [1.82, 2.24) is 0 Å². The SMILES string of the molecule is C[C@@H](O)c1ccc([C@@H](C)O)c([N+](=O)[O-])c1. The van der Waals surface area contributed by atoms with E-state index >= 15 is 0 Å². The number of rotatable bonds is 3. The standard InChI is InChI=1S/C10H13NO4/c1-6(12)8-3-4-9(7(2)13)10(5-8)11(14)15/h3-7,12-13H,1-2H3/t6-,7-/m1/s1. The summed E-state index contributed by atoms with van der Waals surface area (Å²) in [5.41, 5.74) is 0.555. The predicted octanol–water partition coefficient (Wildman–Crippen LogP) is 1.70. The maximum atomic E-state index is 10.7. The van der Waals surface area contributed by atoms with Crippen LogP contribution in [0.2, 0.25) is 0 Å². The fourth-order valence-electron chi connectivity index (χ4n) is 1.33. The van der Waals surface area contributed by atoms with Crippen LogP contribution >= 0.6 is 0 Å². The van der Waals surface area contributed by atoms with E-state index in [2.05, 4.69) is 0 Å². The fourth-order valence-corrected chi connectivity index (χ4v) is 1.33. The molecule has 0 aliphatic carbocycles. The number of hydrogen-bond donors (Lipinski definition) is 2. The molecule has 0 radical (unpaired) electrons. The summed E-state index contributed by atoms with van der Waals surface area (Å²) in [6.45, 7) is 2.99. The van der Waals surface area contributed by atoms with Crippen LogP contribution < -0.4 is 0 Å². The molecule has 2 atom stereocenters. The van der Waals surface area contributed by atoms with E-state index in [9.17, 15) is 20.3 Å². The molecule has 2 N–H and O–H groups in total. The number of nitro benzene ring substituents is 1. The van der Waals surface area contributed by atoms with Gasteiger partial charge in [-0.2, -0.15) is 0 Å². The van der Waals surface area contributed by atoms with Crippen molar-refractivity contribution in [3.05, 3.63) is 39.4 Å². The van der Waals surface area contributed by atoms with Crippen LogP contribution in [0.5, 0.6) is 0 Å². The van der Waals surface area contributed by atoms with Gasteiger partial charge in [0.1, 0.15) is 0 Å². The molecule has 1 rings (SSSR count). The predicted molar refractivity (Wildman–Crippen MR) is 54.4 cm³/mol. The number of hydrogen-bond acceptors (Lipinski definition) is 4. The molecule has 1 aromatic carbocycles. The lowest BCUT2D eigenvalue weighted by Gasteiger charge is -2.09. The zero-order valence-electron chi connectivity index (χ0n) is 8.54. The average Bonchev–Trinajstić information content (AvgIpc) is 2.16. The monoisotopic (exact) mass is 211 g/mol. The van der Waals surface area contributed by atoms with Crippen molar-refractivity contribution < 1.29 is 15.1 Å². The van der Waals surface area contributed by atoms with Gasteiger partial charge in [-0.1, -0.05) is 6.07 Å². The summed E-state index contributed by atoms with van der Waals surface area (Å²) >= 11 is 0. The Balaban J connectivity index is 3.27. The third kappa shape index (κ3) is 2.51. The lowest BCUT2D eigenvalue weighted by Crippen LogP contribution is -2.01. The van der Waals surface area contributed by atoms with Gasteiger partial charge in [0.2, 0.25) is 0 Å². The average molecular weight is 211 g/mol. The molecule has 1 aromatic rings. The lowest BCUT2D eigenvalue weighted by molar-refractivity contribution is -0.386. The van der Waals surface area contributed by atoms with E-state index in [0.29, 0.717) is 5.56 Å². The van der Waals surface area contributed by atoms with Crippen molar-refractivity contribution in [2.45, 2.75) is 26.1 Å². The molecule has 0 aliphatic rings. The highest BCUT2D eigenvalue weighted by atomic mass is 16.6. The van der Waals surface area contributed by atoms with Gasteiger partial charge in [-0.3, -0.25) is 10.1 Å². The summed E-state index contributed by atoms with van der Waals surface area (Å²) in [4.78, 5) is 10.2. The van der Waals surface area contributed by atoms with Crippen LogP contribution in [-0.2, 0) is 0 Å². The molecule has 0 heterocycles. The third-order valence-corrected chi connectivity index (χ3v) is 2.18. The molecular weight excluding hydrogens is 198 g/mol. The Kier molecular flexibility index (Phi) is 3.39. The summed E-state index contributed by atoms with van der Waals surface area (Å²) in [5.74, 6) is 0. The molecule has 0 amide bonds. The summed E-state index contributed by atoms with van der Waals surface area (Å²) in [7, 11) is 0. The van der Waals surface area contributed by atoms with Crippen molar-refractivity contribution in [3.63, 3.8) is 0 Å². The molecule has 5 heteroatoms. The van der Waals surface area contributed by atoms with Gasteiger partial charge in [0.05, 0.1) is 22.7 Å². The molecule has 15 heavy (non-hydrogen) atoms. The molecule has 82 valence electrons. The number of nitro groups is 1. The fraction of sp³-hybridized carbons (Fsp3) is 0.400.